The van der Waals surface area contributed by atoms with Gasteiger partial charge in [-0.1, -0.05) is 19.1 Å². The highest BCUT2D eigenvalue weighted by molar-refractivity contribution is 6.07. The predicted octanol–water partition coefficient (Wildman–Crippen LogP) is 3.22. The molecule has 0 N–H and O–H groups in total. The number of rotatable bonds is 6. The molecule has 2 aliphatic rings. The number of hydrogen-bond acceptors (Lipinski definition) is 9. The van der Waals surface area contributed by atoms with Gasteiger partial charge in [0.2, 0.25) is 0 Å². The van der Waals surface area contributed by atoms with E-state index in [4.69, 9.17) is 18.9 Å². The molecule has 0 aliphatic carbocycles. The fraction of sp³-hybridized carbons (Fsp3) is 0.476. The van der Waals surface area contributed by atoms with Crippen molar-refractivity contribution in [3.8, 4) is 0 Å². The van der Waals surface area contributed by atoms with Crippen LogP contribution in [-0.2, 0) is 28.5 Å². The molecule has 0 amide bonds. The first kappa shape index (κ1) is 22.6. The number of nitrogens with zero attached hydrogens (tertiary/aromatic N) is 2. The van der Waals surface area contributed by atoms with Crippen LogP contribution in [0.15, 0.2) is 40.5 Å². The summed E-state index contributed by atoms with van der Waals surface area (Å²) in [6, 6.07) is 5.77. The molecule has 31 heavy (non-hydrogen) atoms. The quantitative estimate of drug-likeness (QED) is 0.381. The normalized spacial score (nSPS) is 27.8. The second-order valence-corrected chi connectivity index (χ2v) is 7.31. The van der Waals surface area contributed by atoms with Gasteiger partial charge >= 0.3 is 17.9 Å². The fourth-order valence-electron chi connectivity index (χ4n) is 3.92. The number of allylic oxidation sites excluding steroid dienone is 1. The Kier molecular flexibility index (Phi) is 6.23. The highest BCUT2D eigenvalue weighted by atomic mass is 17.0. The van der Waals surface area contributed by atoms with E-state index in [1.165, 1.54) is 25.3 Å². The number of esters is 2. The van der Waals surface area contributed by atoms with Crippen molar-refractivity contribution < 1.29 is 33.5 Å². The minimum Gasteiger partial charge on any atom is -0.468 e. The van der Waals surface area contributed by atoms with Gasteiger partial charge in [0.25, 0.3) is 5.69 Å². The van der Waals surface area contributed by atoms with Crippen molar-refractivity contribution in [1.82, 2.24) is 0 Å². The summed E-state index contributed by atoms with van der Waals surface area (Å²) in [5.74, 6) is -4.78. The summed E-state index contributed by atoms with van der Waals surface area (Å²) in [6.07, 6.45) is -0.274. The fourth-order valence-corrected chi connectivity index (χ4v) is 3.92. The van der Waals surface area contributed by atoms with Gasteiger partial charge in [0.1, 0.15) is 5.92 Å². The number of ether oxygens (including phenoxy) is 4. The first-order valence-electron chi connectivity index (χ1n) is 9.79. The van der Waals surface area contributed by atoms with Gasteiger partial charge in [-0.25, -0.2) is 4.79 Å². The monoisotopic (exact) mass is 432 g/mol. The highest BCUT2D eigenvalue weighted by Crippen LogP contribution is 2.43. The largest absolute Gasteiger partial charge is 0.468 e. The Labute approximate surface area is 179 Å². The summed E-state index contributed by atoms with van der Waals surface area (Å²) in [4.78, 5) is 41.0. The number of carbonyl (C=O) groups is 2. The lowest BCUT2D eigenvalue weighted by Gasteiger charge is -2.44. The Hall–Kier alpha value is -3.11. The predicted molar refractivity (Wildman–Crippen MR) is 108 cm³/mol. The zero-order chi connectivity index (χ0) is 22.9. The molecule has 10 nitrogen and oxygen atoms in total. The highest BCUT2D eigenvalue weighted by Gasteiger charge is 2.50. The van der Waals surface area contributed by atoms with Crippen LogP contribution in [0.1, 0.15) is 45.6 Å². The van der Waals surface area contributed by atoms with Gasteiger partial charge < -0.3 is 9.47 Å². The van der Waals surface area contributed by atoms with Crippen LogP contribution in [0.5, 0.6) is 0 Å². The van der Waals surface area contributed by atoms with Crippen molar-refractivity contribution in [3.05, 3.63) is 51.2 Å². The molecule has 2 heterocycles. The van der Waals surface area contributed by atoms with Crippen molar-refractivity contribution in [2.75, 3.05) is 7.11 Å². The molecule has 0 spiro atoms. The zero-order valence-electron chi connectivity index (χ0n) is 17.9. The summed E-state index contributed by atoms with van der Waals surface area (Å²) in [7, 11) is 1.23. The molecular weight excluding hydrogens is 408 g/mol. The van der Waals surface area contributed by atoms with E-state index in [0.29, 0.717) is 17.0 Å². The van der Waals surface area contributed by atoms with Gasteiger partial charge in [-0.3, -0.25) is 29.4 Å². The smallest absolute Gasteiger partial charge is 0.340 e. The van der Waals surface area contributed by atoms with Crippen molar-refractivity contribution in [3.63, 3.8) is 0 Å². The summed E-state index contributed by atoms with van der Waals surface area (Å²) in [5.41, 5.74) is 1.06. The van der Waals surface area contributed by atoms with Crippen LogP contribution in [0, 0.1) is 16.0 Å². The van der Waals surface area contributed by atoms with Gasteiger partial charge in [-0.15, -0.1) is 0 Å². The van der Waals surface area contributed by atoms with Crippen LogP contribution in [0.25, 0.3) is 0 Å². The molecule has 2 unspecified atom stereocenters. The molecule has 3 rings (SSSR count). The molecule has 0 aromatic heterocycles. The average Bonchev–Trinajstić information content (AvgIpc) is 2.71. The lowest BCUT2D eigenvalue weighted by atomic mass is 9.75. The van der Waals surface area contributed by atoms with E-state index < -0.39 is 41.0 Å². The zero-order valence-corrected chi connectivity index (χ0v) is 17.9. The number of methoxy groups -OCH3 is 1. The van der Waals surface area contributed by atoms with E-state index in [1.54, 1.807) is 33.8 Å². The second-order valence-electron chi connectivity index (χ2n) is 7.31. The lowest BCUT2D eigenvalue weighted by Crippen LogP contribution is -2.55. The Morgan fingerprint density at radius 2 is 1.97 bits per heavy atom. The van der Waals surface area contributed by atoms with Crippen LogP contribution >= 0.6 is 0 Å². The first-order chi connectivity index (χ1) is 14.6. The van der Waals surface area contributed by atoms with E-state index in [0.717, 1.165) is 0 Å². The molecule has 2 aliphatic heterocycles. The van der Waals surface area contributed by atoms with E-state index in [9.17, 15) is 19.7 Å². The van der Waals surface area contributed by atoms with Gasteiger partial charge in [-0.05, 0) is 26.3 Å². The molecule has 1 saturated heterocycles. The molecule has 1 fully saturated rings. The summed E-state index contributed by atoms with van der Waals surface area (Å²) in [6.45, 7) is 6.66. The van der Waals surface area contributed by atoms with Crippen LogP contribution < -0.4 is 0 Å². The maximum atomic E-state index is 13.3. The molecule has 0 saturated carbocycles. The maximum Gasteiger partial charge on any atom is 0.340 e. The molecule has 0 bridgehead atoms. The molecule has 2 atom stereocenters. The minimum atomic E-state index is -1.52. The van der Waals surface area contributed by atoms with Crippen LogP contribution in [0.3, 0.4) is 0 Å². The van der Waals surface area contributed by atoms with Gasteiger partial charge in [0, 0.05) is 35.9 Å². The average molecular weight is 432 g/mol. The number of nitro groups is 1. The number of non-ortho nitro benzene ring substituents is 1. The van der Waals surface area contributed by atoms with Crippen LogP contribution in [0.2, 0.25) is 0 Å². The topological polar surface area (TPSA) is 127 Å². The van der Waals surface area contributed by atoms with E-state index in [1.807, 2.05) is 0 Å². The van der Waals surface area contributed by atoms with Gasteiger partial charge in [-0.2, -0.15) is 0 Å². The number of benzene rings is 1. The van der Waals surface area contributed by atoms with Crippen LogP contribution in [-0.4, -0.2) is 41.9 Å². The number of carbonyl (C=O) groups excluding carboxylic acids is 2. The van der Waals surface area contributed by atoms with E-state index in [2.05, 4.69) is 4.99 Å². The Balaban J connectivity index is 2.10. The standard InChI is InChI=1S/C21H24N2O8/c1-6-21(29-13(4)30-21)31-20(25)17-12(3)22-11(2)16(19(24)28-5)18(17)14-8-7-9-15(10-14)23(26)27/h7-10,13,16,18H,6H2,1-5H3. The second kappa shape index (κ2) is 8.56. The molecule has 166 valence electrons. The maximum absolute atomic E-state index is 13.3. The summed E-state index contributed by atoms with van der Waals surface area (Å²) >= 11 is 0. The van der Waals surface area contributed by atoms with E-state index >= 15 is 0 Å². The molecule has 1 aromatic rings. The SMILES string of the molecule is CCC1(OC(=O)C2=C(C)N=C(C)C(C(=O)OC)C2c2cccc([N+](=O)[O-])c2)OC(C)O1. The lowest BCUT2D eigenvalue weighted by molar-refractivity contribution is -0.523. The van der Waals surface area contributed by atoms with E-state index in [-0.39, 0.29) is 17.7 Å². The molecular formula is C21H24N2O8. The van der Waals surface area contributed by atoms with Crippen molar-refractivity contribution in [2.45, 2.75) is 52.3 Å². The Morgan fingerprint density at radius 1 is 1.29 bits per heavy atom. The first-order valence-corrected chi connectivity index (χ1v) is 9.79. The number of aliphatic imine (C=N–C) groups is 1. The van der Waals surface area contributed by atoms with Crippen molar-refractivity contribution >= 4 is 23.3 Å². The van der Waals surface area contributed by atoms with Crippen molar-refractivity contribution in [1.29, 1.82) is 0 Å². The number of nitro benzene ring substituents is 1. The summed E-state index contributed by atoms with van der Waals surface area (Å²) in [5, 5.41) is 11.3. The molecule has 0 radical (unpaired) electrons. The third-order valence-corrected chi connectivity index (χ3v) is 5.32. The summed E-state index contributed by atoms with van der Waals surface area (Å²) < 4.78 is 21.4. The Bertz CT molecular complexity index is 977. The molecule has 10 heteroatoms. The number of hydrogen-bond donors (Lipinski definition) is 0. The third kappa shape index (κ3) is 4.21. The van der Waals surface area contributed by atoms with Crippen molar-refractivity contribution in [2.24, 2.45) is 10.9 Å². The minimum absolute atomic E-state index is 0.0843. The molecule has 1 aromatic carbocycles. The third-order valence-electron chi connectivity index (χ3n) is 5.32. The van der Waals surface area contributed by atoms with Gasteiger partial charge in [0.05, 0.1) is 17.6 Å². The van der Waals surface area contributed by atoms with Gasteiger partial charge in [0.15, 0.2) is 6.29 Å². The Morgan fingerprint density at radius 3 is 2.52 bits per heavy atom. The van der Waals surface area contributed by atoms with Crippen LogP contribution in [0.4, 0.5) is 5.69 Å².